The van der Waals surface area contributed by atoms with E-state index in [0.29, 0.717) is 24.1 Å². The minimum Gasteiger partial charge on any atom is -0.497 e. The van der Waals surface area contributed by atoms with Crippen LogP contribution in [-0.2, 0) is 13.1 Å². The highest BCUT2D eigenvalue weighted by atomic mass is 35.5. The third-order valence-electron chi connectivity index (χ3n) is 3.90. The number of nitrogens with zero attached hydrogens (tertiary/aromatic N) is 2. The van der Waals surface area contributed by atoms with E-state index in [1.165, 1.54) is 0 Å². The molecule has 0 aliphatic rings. The summed E-state index contributed by atoms with van der Waals surface area (Å²) in [6.07, 6.45) is 1.55. The van der Waals surface area contributed by atoms with Gasteiger partial charge in [0.2, 0.25) is 5.95 Å². The number of halogens is 1. The minimum atomic E-state index is -0.287. The number of aromatic nitrogens is 2. The molecule has 0 saturated carbocycles. The first-order valence-electron chi connectivity index (χ1n) is 8.37. The van der Waals surface area contributed by atoms with Gasteiger partial charge in [0.15, 0.2) is 0 Å². The summed E-state index contributed by atoms with van der Waals surface area (Å²) in [4.78, 5) is 20.8. The van der Waals surface area contributed by atoms with Crippen LogP contribution in [0.1, 0.15) is 21.6 Å². The maximum Gasteiger partial charge on any atom is 0.270 e. The molecule has 0 radical (unpaired) electrons. The molecule has 6 nitrogen and oxygen atoms in total. The van der Waals surface area contributed by atoms with Crippen molar-refractivity contribution in [3.05, 3.63) is 82.6 Å². The second-order valence-electron chi connectivity index (χ2n) is 5.74. The Morgan fingerprint density at radius 2 is 1.85 bits per heavy atom. The zero-order valence-electron chi connectivity index (χ0n) is 14.8. The molecule has 1 amide bonds. The zero-order valence-corrected chi connectivity index (χ0v) is 15.5. The van der Waals surface area contributed by atoms with Crippen molar-refractivity contribution in [3.8, 4) is 5.75 Å². The molecule has 0 unspecified atom stereocenters. The first-order chi connectivity index (χ1) is 13.2. The van der Waals surface area contributed by atoms with E-state index < -0.39 is 0 Å². The Balaban J connectivity index is 1.58. The molecule has 3 aromatic rings. The number of hydrogen-bond donors (Lipinski definition) is 2. The van der Waals surface area contributed by atoms with Crippen molar-refractivity contribution in [3.63, 3.8) is 0 Å². The lowest BCUT2D eigenvalue weighted by molar-refractivity contribution is 0.0946. The van der Waals surface area contributed by atoms with Crippen LogP contribution in [0.25, 0.3) is 0 Å². The lowest BCUT2D eigenvalue weighted by Gasteiger charge is -2.09. The number of amides is 1. The van der Waals surface area contributed by atoms with Gasteiger partial charge >= 0.3 is 0 Å². The molecule has 2 N–H and O–H groups in total. The van der Waals surface area contributed by atoms with Crippen molar-refractivity contribution in [1.29, 1.82) is 0 Å². The summed E-state index contributed by atoms with van der Waals surface area (Å²) in [6.45, 7) is 0.867. The smallest absolute Gasteiger partial charge is 0.270 e. The molecule has 27 heavy (non-hydrogen) atoms. The zero-order chi connectivity index (χ0) is 19.1. The van der Waals surface area contributed by atoms with Gasteiger partial charge in [-0.15, -0.1) is 0 Å². The van der Waals surface area contributed by atoms with Crippen LogP contribution in [0.2, 0.25) is 5.02 Å². The molecule has 1 heterocycles. The molecule has 0 spiro atoms. The lowest BCUT2D eigenvalue weighted by Crippen LogP contribution is -2.24. The van der Waals surface area contributed by atoms with Crippen LogP contribution < -0.4 is 15.4 Å². The Bertz CT molecular complexity index is 916. The standard InChI is InChI=1S/C20H19ClN4O2/c1-27-16-8-6-14(7-9-16)12-24-20-22-11-10-18(25-20)19(26)23-13-15-4-2-3-5-17(15)21/h2-11H,12-13H2,1H3,(H,23,26)(H,22,24,25). The Hall–Kier alpha value is -3.12. The maximum absolute atomic E-state index is 12.3. The lowest BCUT2D eigenvalue weighted by atomic mass is 10.2. The highest BCUT2D eigenvalue weighted by Crippen LogP contribution is 2.15. The molecule has 0 saturated heterocycles. The number of carbonyl (C=O) groups is 1. The molecule has 0 aliphatic carbocycles. The van der Waals surface area contributed by atoms with Gasteiger partial charge in [0, 0.05) is 24.3 Å². The van der Waals surface area contributed by atoms with Gasteiger partial charge in [0.25, 0.3) is 5.91 Å². The van der Waals surface area contributed by atoms with Crippen molar-refractivity contribution >= 4 is 23.5 Å². The predicted octanol–water partition coefficient (Wildman–Crippen LogP) is 3.68. The monoisotopic (exact) mass is 382 g/mol. The average molecular weight is 383 g/mol. The Morgan fingerprint density at radius 1 is 1.07 bits per heavy atom. The normalized spacial score (nSPS) is 10.3. The fourth-order valence-electron chi connectivity index (χ4n) is 2.40. The van der Waals surface area contributed by atoms with Gasteiger partial charge in [-0.1, -0.05) is 41.9 Å². The summed E-state index contributed by atoms with van der Waals surface area (Å²) in [6, 6.07) is 16.6. The summed E-state index contributed by atoms with van der Waals surface area (Å²) in [5.41, 5.74) is 2.18. The van der Waals surface area contributed by atoms with Gasteiger partial charge in [-0.05, 0) is 35.4 Å². The minimum absolute atomic E-state index is 0.286. The van der Waals surface area contributed by atoms with E-state index in [0.717, 1.165) is 16.9 Å². The SMILES string of the molecule is COc1ccc(CNc2nccc(C(=O)NCc3ccccc3Cl)n2)cc1. The van der Waals surface area contributed by atoms with Crippen LogP contribution in [0, 0.1) is 0 Å². The maximum atomic E-state index is 12.3. The predicted molar refractivity (Wildman–Crippen MR) is 105 cm³/mol. The second kappa shape index (κ2) is 9.00. The third-order valence-corrected chi connectivity index (χ3v) is 4.26. The van der Waals surface area contributed by atoms with E-state index in [1.54, 1.807) is 25.4 Å². The summed E-state index contributed by atoms with van der Waals surface area (Å²) >= 11 is 6.10. The van der Waals surface area contributed by atoms with Crippen LogP contribution in [-0.4, -0.2) is 23.0 Å². The summed E-state index contributed by atoms with van der Waals surface area (Å²) in [5.74, 6) is 0.896. The van der Waals surface area contributed by atoms with Gasteiger partial charge in [-0.2, -0.15) is 0 Å². The van der Waals surface area contributed by atoms with E-state index >= 15 is 0 Å². The molecule has 0 atom stereocenters. The van der Waals surface area contributed by atoms with Crippen molar-refractivity contribution in [2.75, 3.05) is 12.4 Å². The topological polar surface area (TPSA) is 76.1 Å². The highest BCUT2D eigenvalue weighted by Gasteiger charge is 2.09. The molecule has 138 valence electrons. The molecule has 3 rings (SSSR count). The second-order valence-corrected chi connectivity index (χ2v) is 6.15. The molecule has 7 heteroatoms. The van der Waals surface area contributed by atoms with E-state index in [1.807, 2.05) is 42.5 Å². The van der Waals surface area contributed by atoms with Crippen LogP contribution >= 0.6 is 11.6 Å². The first-order valence-corrected chi connectivity index (χ1v) is 8.75. The van der Waals surface area contributed by atoms with Gasteiger partial charge in [0.1, 0.15) is 11.4 Å². The molecule has 0 bridgehead atoms. The van der Waals surface area contributed by atoms with Crippen LogP contribution in [0.5, 0.6) is 5.75 Å². The van der Waals surface area contributed by atoms with Crippen molar-refractivity contribution in [1.82, 2.24) is 15.3 Å². The largest absolute Gasteiger partial charge is 0.497 e. The number of nitrogens with one attached hydrogen (secondary N) is 2. The Labute approximate surface area is 162 Å². The van der Waals surface area contributed by atoms with Crippen molar-refractivity contribution in [2.24, 2.45) is 0 Å². The average Bonchev–Trinajstić information content (AvgIpc) is 2.72. The number of anilines is 1. The number of rotatable bonds is 7. The fraction of sp³-hybridized carbons (Fsp3) is 0.150. The highest BCUT2D eigenvalue weighted by molar-refractivity contribution is 6.31. The molecular formula is C20H19ClN4O2. The number of benzene rings is 2. The Kier molecular flexibility index (Phi) is 6.22. The quantitative estimate of drug-likeness (QED) is 0.651. The van der Waals surface area contributed by atoms with E-state index in [9.17, 15) is 4.79 Å². The van der Waals surface area contributed by atoms with Crippen molar-refractivity contribution in [2.45, 2.75) is 13.1 Å². The van der Waals surface area contributed by atoms with Crippen LogP contribution in [0.4, 0.5) is 5.95 Å². The van der Waals surface area contributed by atoms with Gasteiger partial charge in [-0.3, -0.25) is 4.79 Å². The van der Waals surface area contributed by atoms with Crippen molar-refractivity contribution < 1.29 is 9.53 Å². The van der Waals surface area contributed by atoms with E-state index in [2.05, 4.69) is 20.6 Å². The fourth-order valence-corrected chi connectivity index (χ4v) is 2.61. The summed E-state index contributed by atoms with van der Waals surface area (Å²) in [7, 11) is 1.63. The van der Waals surface area contributed by atoms with Gasteiger partial charge in [0.05, 0.1) is 7.11 Å². The molecular weight excluding hydrogens is 364 g/mol. The molecule has 1 aromatic heterocycles. The van der Waals surface area contributed by atoms with Gasteiger partial charge < -0.3 is 15.4 Å². The third kappa shape index (κ3) is 5.18. The first kappa shape index (κ1) is 18.7. The van der Waals surface area contributed by atoms with Crippen LogP contribution in [0.15, 0.2) is 60.8 Å². The molecule has 0 aliphatic heterocycles. The van der Waals surface area contributed by atoms with E-state index in [-0.39, 0.29) is 11.6 Å². The number of carbonyl (C=O) groups excluding carboxylic acids is 1. The summed E-state index contributed by atoms with van der Waals surface area (Å²) in [5, 5.41) is 6.54. The molecule has 0 fully saturated rings. The summed E-state index contributed by atoms with van der Waals surface area (Å²) < 4.78 is 5.14. The number of hydrogen-bond acceptors (Lipinski definition) is 5. The number of methoxy groups -OCH3 is 1. The Morgan fingerprint density at radius 3 is 2.59 bits per heavy atom. The number of ether oxygens (including phenoxy) is 1. The molecule has 2 aromatic carbocycles. The van der Waals surface area contributed by atoms with E-state index in [4.69, 9.17) is 16.3 Å². The van der Waals surface area contributed by atoms with Gasteiger partial charge in [-0.25, -0.2) is 9.97 Å². The van der Waals surface area contributed by atoms with Crippen LogP contribution in [0.3, 0.4) is 0 Å².